The minimum absolute atomic E-state index is 0.622. The number of rotatable bonds is 7. The maximum absolute atomic E-state index is 5.75. The van der Waals surface area contributed by atoms with Gasteiger partial charge in [0.2, 0.25) is 0 Å². The van der Waals surface area contributed by atoms with Gasteiger partial charge >= 0.3 is 0 Å². The molecule has 2 rings (SSSR count). The van der Waals surface area contributed by atoms with E-state index in [0.29, 0.717) is 13.2 Å². The summed E-state index contributed by atoms with van der Waals surface area (Å²) in [6.45, 7) is 5.45. The maximum atomic E-state index is 5.75. The third-order valence-corrected chi connectivity index (χ3v) is 5.88. The van der Waals surface area contributed by atoms with Crippen molar-refractivity contribution in [2.75, 3.05) is 13.7 Å². The van der Waals surface area contributed by atoms with E-state index in [-0.39, 0.29) is 0 Å². The maximum Gasteiger partial charge on any atom is 0.118 e. The lowest BCUT2D eigenvalue weighted by Gasteiger charge is -2.11. The Kier molecular flexibility index (Phi) is 7.06. The lowest BCUT2D eigenvalue weighted by atomic mass is 10.1. The van der Waals surface area contributed by atoms with E-state index in [1.807, 2.05) is 31.2 Å². The van der Waals surface area contributed by atoms with E-state index in [1.165, 1.54) is 5.56 Å². The van der Waals surface area contributed by atoms with Gasteiger partial charge < -0.3 is 9.47 Å². The van der Waals surface area contributed by atoms with Crippen LogP contribution in [-0.2, 0) is 17.8 Å². The average molecular weight is 443 g/mol. The van der Waals surface area contributed by atoms with Crippen molar-refractivity contribution in [3.8, 4) is 5.75 Å². The topological polar surface area (TPSA) is 31.4 Å². The van der Waals surface area contributed by atoms with Crippen LogP contribution in [0, 0.1) is 13.8 Å². The first-order valence-electron chi connectivity index (χ1n) is 7.54. The number of aryl methyl sites for hydroxylation is 2. The van der Waals surface area contributed by atoms with Gasteiger partial charge in [-0.15, -0.1) is 0 Å². The highest BCUT2D eigenvalue weighted by Gasteiger charge is 2.10. The van der Waals surface area contributed by atoms with Gasteiger partial charge in [-0.05, 0) is 81.8 Å². The normalized spacial score (nSPS) is 10.8. The van der Waals surface area contributed by atoms with Crippen molar-refractivity contribution in [1.82, 2.24) is 4.98 Å². The van der Waals surface area contributed by atoms with Crippen LogP contribution in [0.25, 0.3) is 0 Å². The summed E-state index contributed by atoms with van der Waals surface area (Å²) in [4.78, 5) is 4.64. The number of hydrogen-bond acceptors (Lipinski definition) is 3. The molecule has 1 heterocycles. The third kappa shape index (κ3) is 5.03. The van der Waals surface area contributed by atoms with Crippen LogP contribution in [-0.4, -0.2) is 18.7 Å². The summed E-state index contributed by atoms with van der Waals surface area (Å²) in [5.74, 6) is 0.866. The van der Waals surface area contributed by atoms with Crippen LogP contribution in [0.1, 0.15) is 28.9 Å². The number of nitrogens with zero attached hydrogens (tertiary/aromatic N) is 1. The quantitative estimate of drug-likeness (QED) is 0.539. The largest absolute Gasteiger partial charge is 0.497 e. The van der Waals surface area contributed by atoms with Gasteiger partial charge in [0.25, 0.3) is 0 Å². The zero-order valence-electron chi connectivity index (χ0n) is 13.7. The highest BCUT2D eigenvalue weighted by molar-refractivity contribution is 9.11. The van der Waals surface area contributed by atoms with Gasteiger partial charge in [0.05, 0.1) is 25.1 Å². The van der Waals surface area contributed by atoms with Crippen LogP contribution in [0.4, 0.5) is 0 Å². The van der Waals surface area contributed by atoms with Crippen LogP contribution in [0.3, 0.4) is 0 Å². The second-order valence-electron chi connectivity index (χ2n) is 5.40. The molecular weight excluding hydrogens is 422 g/mol. The SMILES string of the molecule is COc1ccc(COCCCc2nc(C)c(Br)c(C)c2Br)cc1. The smallest absolute Gasteiger partial charge is 0.118 e. The zero-order chi connectivity index (χ0) is 16.8. The molecule has 2 aromatic rings. The molecule has 0 spiro atoms. The minimum atomic E-state index is 0.622. The monoisotopic (exact) mass is 441 g/mol. The summed E-state index contributed by atoms with van der Waals surface area (Å²) >= 11 is 7.21. The number of pyridine rings is 1. The second-order valence-corrected chi connectivity index (χ2v) is 6.99. The molecule has 1 aromatic heterocycles. The molecule has 0 amide bonds. The summed E-state index contributed by atoms with van der Waals surface area (Å²) in [5.41, 5.74) is 4.48. The molecule has 1 aromatic carbocycles. The number of ether oxygens (including phenoxy) is 2. The van der Waals surface area contributed by atoms with Crippen LogP contribution in [0.2, 0.25) is 0 Å². The van der Waals surface area contributed by atoms with Gasteiger partial charge in [-0.1, -0.05) is 12.1 Å². The molecule has 0 fully saturated rings. The number of hydrogen-bond donors (Lipinski definition) is 0. The number of methoxy groups -OCH3 is 1. The Hall–Kier alpha value is -0.910. The van der Waals surface area contributed by atoms with E-state index in [9.17, 15) is 0 Å². The van der Waals surface area contributed by atoms with E-state index in [2.05, 4.69) is 43.8 Å². The molecule has 0 aliphatic heterocycles. The molecule has 0 atom stereocenters. The highest BCUT2D eigenvalue weighted by Crippen LogP contribution is 2.29. The van der Waals surface area contributed by atoms with Gasteiger partial charge in [-0.2, -0.15) is 0 Å². The molecule has 0 saturated heterocycles. The fraction of sp³-hybridized carbons (Fsp3) is 0.389. The first-order valence-corrected chi connectivity index (χ1v) is 9.13. The van der Waals surface area contributed by atoms with Gasteiger partial charge in [0.1, 0.15) is 5.75 Å². The molecule has 0 aliphatic rings. The lowest BCUT2D eigenvalue weighted by molar-refractivity contribution is 0.118. The van der Waals surface area contributed by atoms with Crippen molar-refractivity contribution in [3.05, 3.63) is 55.7 Å². The van der Waals surface area contributed by atoms with Crippen molar-refractivity contribution in [2.45, 2.75) is 33.3 Å². The zero-order valence-corrected chi connectivity index (χ0v) is 16.8. The predicted octanol–water partition coefficient (Wildman–Crippen LogP) is 5.38. The van der Waals surface area contributed by atoms with Crippen molar-refractivity contribution < 1.29 is 9.47 Å². The molecule has 0 N–H and O–H groups in total. The van der Waals surface area contributed by atoms with Crippen molar-refractivity contribution in [3.63, 3.8) is 0 Å². The van der Waals surface area contributed by atoms with Crippen LogP contribution in [0.5, 0.6) is 5.75 Å². The average Bonchev–Trinajstić information content (AvgIpc) is 2.57. The van der Waals surface area contributed by atoms with Crippen molar-refractivity contribution >= 4 is 31.9 Å². The summed E-state index contributed by atoms with van der Waals surface area (Å²) < 4.78 is 13.1. The predicted molar refractivity (Wildman–Crippen MR) is 100 cm³/mol. The molecule has 0 saturated carbocycles. The Balaban J connectivity index is 1.79. The number of benzene rings is 1. The number of aromatic nitrogens is 1. The minimum Gasteiger partial charge on any atom is -0.497 e. The van der Waals surface area contributed by atoms with Gasteiger partial charge in [-0.3, -0.25) is 4.98 Å². The van der Waals surface area contributed by atoms with Crippen molar-refractivity contribution in [2.24, 2.45) is 0 Å². The molecular formula is C18H21Br2NO2. The molecule has 124 valence electrons. The van der Waals surface area contributed by atoms with E-state index in [1.54, 1.807) is 7.11 Å². The van der Waals surface area contributed by atoms with Gasteiger partial charge in [0.15, 0.2) is 0 Å². The third-order valence-electron chi connectivity index (χ3n) is 3.66. The first-order chi connectivity index (χ1) is 11.0. The lowest BCUT2D eigenvalue weighted by Crippen LogP contribution is -2.02. The summed E-state index contributed by atoms with van der Waals surface area (Å²) in [5, 5.41) is 0. The van der Waals surface area contributed by atoms with E-state index in [4.69, 9.17) is 9.47 Å². The fourth-order valence-electron chi connectivity index (χ4n) is 2.30. The van der Waals surface area contributed by atoms with Crippen molar-refractivity contribution in [1.29, 1.82) is 0 Å². The molecule has 0 unspecified atom stereocenters. The second kappa shape index (κ2) is 8.81. The van der Waals surface area contributed by atoms with E-state index >= 15 is 0 Å². The molecule has 0 radical (unpaired) electrons. The Bertz CT molecular complexity index is 657. The Morgan fingerprint density at radius 2 is 1.74 bits per heavy atom. The van der Waals surface area contributed by atoms with Crippen LogP contribution >= 0.6 is 31.9 Å². The number of halogens is 2. The van der Waals surface area contributed by atoms with E-state index < -0.39 is 0 Å². The first kappa shape index (κ1) is 18.4. The molecule has 0 aliphatic carbocycles. The summed E-state index contributed by atoms with van der Waals surface area (Å²) in [6.07, 6.45) is 1.85. The molecule has 0 bridgehead atoms. The Morgan fingerprint density at radius 1 is 1.04 bits per heavy atom. The van der Waals surface area contributed by atoms with Crippen LogP contribution in [0.15, 0.2) is 33.2 Å². The Labute approximate surface area is 154 Å². The molecule has 5 heteroatoms. The van der Waals surface area contributed by atoms with E-state index in [0.717, 1.165) is 44.5 Å². The van der Waals surface area contributed by atoms with Gasteiger partial charge in [0, 0.05) is 15.6 Å². The standard InChI is InChI=1S/C18H21Br2NO2/c1-12-17(19)13(2)21-16(18(12)20)5-4-10-23-11-14-6-8-15(22-3)9-7-14/h6-9H,4-5,10-11H2,1-3H3. The summed E-state index contributed by atoms with van der Waals surface area (Å²) in [7, 11) is 1.67. The fourth-order valence-corrected chi connectivity index (χ4v) is 3.34. The summed E-state index contributed by atoms with van der Waals surface area (Å²) in [6, 6.07) is 7.96. The van der Waals surface area contributed by atoms with Crippen LogP contribution < -0.4 is 4.74 Å². The highest BCUT2D eigenvalue weighted by atomic mass is 79.9. The molecule has 23 heavy (non-hydrogen) atoms. The Morgan fingerprint density at radius 3 is 2.39 bits per heavy atom. The molecule has 3 nitrogen and oxygen atoms in total. The van der Waals surface area contributed by atoms with Gasteiger partial charge in [-0.25, -0.2) is 0 Å².